The third-order valence-electron chi connectivity index (χ3n) is 7.77. The summed E-state index contributed by atoms with van der Waals surface area (Å²) in [5.74, 6) is 1.24. The molecule has 9 nitrogen and oxygen atoms in total. The number of piperazine rings is 1. The van der Waals surface area contributed by atoms with Gasteiger partial charge in [-0.15, -0.1) is 0 Å². The number of benzene rings is 1. The lowest BCUT2D eigenvalue weighted by Crippen LogP contribution is -2.57. The molecule has 1 aliphatic rings. The van der Waals surface area contributed by atoms with Gasteiger partial charge in [0.05, 0.1) is 24.0 Å². The number of hydrogen-bond acceptors (Lipinski definition) is 7. The van der Waals surface area contributed by atoms with Crippen LogP contribution in [-0.2, 0) is 25.4 Å². The van der Waals surface area contributed by atoms with Gasteiger partial charge in [-0.3, -0.25) is 9.47 Å². The Kier molecular flexibility index (Phi) is 7.12. The van der Waals surface area contributed by atoms with E-state index in [-0.39, 0.29) is 30.2 Å². The predicted octanol–water partition coefficient (Wildman–Crippen LogP) is 3.68. The minimum atomic E-state index is -0.545. The van der Waals surface area contributed by atoms with Gasteiger partial charge in [-0.05, 0) is 52.7 Å². The predicted molar refractivity (Wildman–Crippen MR) is 144 cm³/mol. The molecule has 0 spiro atoms. The van der Waals surface area contributed by atoms with Crippen LogP contribution in [-0.4, -0.2) is 49.2 Å². The van der Waals surface area contributed by atoms with E-state index >= 15 is 0 Å². The molecule has 0 bridgehead atoms. The lowest BCUT2D eigenvalue weighted by Gasteiger charge is -2.47. The number of nitrogens with zero attached hydrogens (tertiary/aromatic N) is 8. The first-order valence-electron chi connectivity index (χ1n) is 12.9. The zero-order chi connectivity index (χ0) is 27.1. The van der Waals surface area contributed by atoms with E-state index in [1.54, 1.807) is 7.05 Å². The van der Waals surface area contributed by atoms with E-state index in [0.29, 0.717) is 35.9 Å². The van der Waals surface area contributed by atoms with E-state index in [1.807, 2.05) is 37.5 Å². The molecule has 194 valence electrons. The maximum absolute atomic E-state index is 12.9. The SMILES string of the molecule is CCn1c(CC#N)nc2c(N3C[C@@H](C)N(C(C)c4cccc(C(C)(C)C#N)c4)C[C@@H]3C)nc(=O)n(C)c21. The molecule has 3 atom stereocenters. The molecule has 1 saturated heterocycles. The normalized spacial score (nSPS) is 19.5. The van der Waals surface area contributed by atoms with E-state index in [1.165, 1.54) is 10.1 Å². The van der Waals surface area contributed by atoms with Gasteiger partial charge in [0, 0.05) is 44.8 Å². The van der Waals surface area contributed by atoms with Crippen LogP contribution in [0.15, 0.2) is 29.1 Å². The lowest BCUT2D eigenvalue weighted by molar-refractivity contribution is 0.119. The second-order valence-corrected chi connectivity index (χ2v) is 10.6. The summed E-state index contributed by atoms with van der Waals surface area (Å²) in [5.41, 5.74) is 2.70. The van der Waals surface area contributed by atoms with Crippen molar-refractivity contribution < 1.29 is 0 Å². The molecule has 0 amide bonds. The van der Waals surface area contributed by atoms with Gasteiger partial charge < -0.3 is 9.47 Å². The lowest BCUT2D eigenvalue weighted by atomic mass is 9.84. The van der Waals surface area contributed by atoms with E-state index in [9.17, 15) is 15.3 Å². The van der Waals surface area contributed by atoms with Gasteiger partial charge in [-0.2, -0.15) is 15.5 Å². The van der Waals surface area contributed by atoms with Crippen LogP contribution in [0.4, 0.5) is 5.82 Å². The fourth-order valence-electron chi connectivity index (χ4n) is 5.46. The highest BCUT2D eigenvalue weighted by atomic mass is 16.1. The van der Waals surface area contributed by atoms with Crippen LogP contribution in [0.25, 0.3) is 11.2 Å². The van der Waals surface area contributed by atoms with Crippen LogP contribution in [0.3, 0.4) is 0 Å². The Hall–Kier alpha value is -3.69. The zero-order valence-electron chi connectivity index (χ0n) is 22.9. The van der Waals surface area contributed by atoms with E-state index in [2.05, 4.69) is 59.8 Å². The molecular formula is C28H36N8O. The Morgan fingerprint density at radius 1 is 1.16 bits per heavy atom. The van der Waals surface area contributed by atoms with Crippen molar-refractivity contribution >= 4 is 17.0 Å². The first kappa shape index (κ1) is 26.4. The Bertz CT molecular complexity index is 1450. The largest absolute Gasteiger partial charge is 0.350 e. The maximum atomic E-state index is 12.9. The number of imidazole rings is 1. The highest BCUT2D eigenvalue weighted by Gasteiger charge is 2.35. The molecule has 37 heavy (non-hydrogen) atoms. The number of fused-ring (bicyclic) bond motifs is 1. The summed E-state index contributed by atoms with van der Waals surface area (Å²) in [4.78, 5) is 26.8. The molecule has 0 N–H and O–H groups in total. The highest BCUT2D eigenvalue weighted by molar-refractivity contribution is 5.84. The highest BCUT2D eigenvalue weighted by Crippen LogP contribution is 2.33. The smallest absolute Gasteiger partial charge is 0.349 e. The van der Waals surface area contributed by atoms with Crippen LogP contribution < -0.4 is 10.6 Å². The number of rotatable bonds is 6. The van der Waals surface area contributed by atoms with Crippen LogP contribution in [0.2, 0.25) is 0 Å². The summed E-state index contributed by atoms with van der Waals surface area (Å²) < 4.78 is 3.46. The van der Waals surface area contributed by atoms with Crippen molar-refractivity contribution in [2.75, 3.05) is 18.0 Å². The number of nitriles is 2. The molecule has 0 aliphatic carbocycles. The molecule has 1 aliphatic heterocycles. The third-order valence-corrected chi connectivity index (χ3v) is 7.77. The van der Waals surface area contributed by atoms with Gasteiger partial charge in [0.2, 0.25) is 0 Å². The molecule has 1 fully saturated rings. The molecule has 1 aromatic carbocycles. The van der Waals surface area contributed by atoms with Gasteiger partial charge in [0.1, 0.15) is 17.0 Å². The minimum Gasteiger partial charge on any atom is -0.349 e. The molecule has 0 radical (unpaired) electrons. The van der Waals surface area contributed by atoms with Gasteiger partial charge >= 0.3 is 5.69 Å². The average Bonchev–Trinajstić information content (AvgIpc) is 3.25. The molecule has 0 saturated carbocycles. The molecule has 4 rings (SSSR count). The van der Waals surface area contributed by atoms with Gasteiger partial charge in [-0.1, -0.05) is 24.3 Å². The van der Waals surface area contributed by atoms with Crippen molar-refractivity contribution in [3.05, 3.63) is 51.7 Å². The van der Waals surface area contributed by atoms with Gasteiger partial charge in [0.15, 0.2) is 5.82 Å². The fraction of sp³-hybridized carbons (Fsp3) is 0.536. The Balaban J connectivity index is 1.68. The average molecular weight is 501 g/mol. The molecule has 1 unspecified atom stereocenters. The van der Waals surface area contributed by atoms with E-state index < -0.39 is 5.41 Å². The molecule has 9 heteroatoms. The minimum absolute atomic E-state index is 0.0892. The number of hydrogen-bond donors (Lipinski definition) is 0. The summed E-state index contributed by atoms with van der Waals surface area (Å²) in [6.45, 7) is 14.5. The van der Waals surface area contributed by atoms with Crippen molar-refractivity contribution in [1.29, 1.82) is 10.5 Å². The van der Waals surface area contributed by atoms with Gasteiger partial charge in [-0.25, -0.2) is 9.78 Å². The standard InChI is InChI=1S/C28H36N8O/c1-8-34-23(12-13-29)31-24-25(32-27(37)33(7)26(24)34)36-16-18(2)35(15-19(36)3)20(4)21-10-9-11-22(14-21)28(5,6)17-30/h9-11,14,18-20H,8,12,15-16H2,1-7H3/t18-,19+,20?/m1/s1. The van der Waals surface area contributed by atoms with Crippen LogP contribution in [0, 0.1) is 22.7 Å². The van der Waals surface area contributed by atoms with Crippen molar-refractivity contribution in [2.45, 2.75) is 78.0 Å². The van der Waals surface area contributed by atoms with Crippen molar-refractivity contribution in [3.63, 3.8) is 0 Å². The zero-order valence-corrected chi connectivity index (χ0v) is 22.9. The Morgan fingerprint density at radius 2 is 1.89 bits per heavy atom. The number of aryl methyl sites for hydroxylation is 2. The summed E-state index contributed by atoms with van der Waals surface area (Å²) in [5, 5.41) is 18.9. The Morgan fingerprint density at radius 3 is 2.54 bits per heavy atom. The van der Waals surface area contributed by atoms with Crippen LogP contribution >= 0.6 is 0 Å². The first-order valence-corrected chi connectivity index (χ1v) is 12.9. The topological polar surface area (TPSA) is 107 Å². The molecular weight excluding hydrogens is 464 g/mol. The van der Waals surface area contributed by atoms with Gasteiger partial charge in [0.25, 0.3) is 0 Å². The second-order valence-electron chi connectivity index (χ2n) is 10.6. The Labute approximate surface area is 218 Å². The van der Waals surface area contributed by atoms with Crippen LogP contribution in [0.1, 0.15) is 64.5 Å². The van der Waals surface area contributed by atoms with Crippen molar-refractivity contribution in [1.82, 2.24) is 24.0 Å². The molecule has 3 aromatic rings. The summed E-state index contributed by atoms with van der Waals surface area (Å²) in [7, 11) is 1.71. The number of aromatic nitrogens is 4. The summed E-state index contributed by atoms with van der Waals surface area (Å²) in [6, 6.07) is 13.4. The molecule has 2 aromatic heterocycles. The third kappa shape index (κ3) is 4.60. The monoisotopic (exact) mass is 500 g/mol. The van der Waals surface area contributed by atoms with Crippen molar-refractivity contribution in [3.8, 4) is 12.1 Å². The number of anilines is 1. The molecule has 3 heterocycles. The summed E-state index contributed by atoms with van der Waals surface area (Å²) >= 11 is 0. The second kappa shape index (κ2) is 9.99. The quantitative estimate of drug-likeness (QED) is 0.508. The van der Waals surface area contributed by atoms with E-state index in [4.69, 9.17) is 4.98 Å². The van der Waals surface area contributed by atoms with E-state index in [0.717, 1.165) is 12.1 Å². The first-order chi connectivity index (χ1) is 17.5. The maximum Gasteiger partial charge on any atom is 0.350 e. The van der Waals surface area contributed by atoms with Crippen LogP contribution in [0.5, 0.6) is 0 Å². The van der Waals surface area contributed by atoms with Crippen molar-refractivity contribution in [2.24, 2.45) is 7.05 Å². The summed E-state index contributed by atoms with van der Waals surface area (Å²) in [6.07, 6.45) is 0.176. The fourth-order valence-corrected chi connectivity index (χ4v) is 5.46.